The third-order valence-electron chi connectivity index (χ3n) is 15.0. The number of ether oxygens (including phenoxy) is 11. The maximum absolute atomic E-state index is 14.0. The lowest BCUT2D eigenvalue weighted by Crippen LogP contribution is -2.67. The predicted octanol–water partition coefficient (Wildman–Crippen LogP) is 10.0. The van der Waals surface area contributed by atoms with Crippen LogP contribution < -0.4 is 0 Å². The molecule has 2 aliphatic heterocycles. The molecule has 0 radical (unpaired) electrons. The molecule has 22 nitrogen and oxygen atoms in total. The van der Waals surface area contributed by atoms with Gasteiger partial charge < -0.3 is 52.1 Å². The summed E-state index contributed by atoms with van der Waals surface area (Å²) in [6.45, 7) is 9.78. The van der Waals surface area contributed by atoms with Gasteiger partial charge in [-0.15, -0.1) is 0 Å². The van der Waals surface area contributed by atoms with Crippen molar-refractivity contribution in [1.29, 1.82) is 0 Å². The second-order valence-corrected chi connectivity index (χ2v) is 27.7. The monoisotopic (exact) mass is 1270 g/mol. The number of rotatable bonds is 48. The van der Waals surface area contributed by atoms with Crippen molar-refractivity contribution in [1.82, 2.24) is 0 Å². The number of esters is 7. The molecule has 500 valence electrons. The van der Waals surface area contributed by atoms with Crippen molar-refractivity contribution in [2.75, 3.05) is 42.8 Å². The normalized spacial score (nSPS) is 22.4. The molecule has 0 amide bonds. The predicted molar refractivity (Wildman–Crippen MR) is 321 cm³/mol. The SMILES string of the molecule is CCCCCCCCCCCCCCCCS(=O)(=O)CC(CO[C@@H]1O[C@H](COC(C)=O)[C@@H](O[C@@H]2O[C@H](COC(C)=O)[C@H](OC(C)=O)[C@H](OC(C)=O)[C@H]2OC(C)=O)[C@H](OC(C)=O)[C@H]1OC(C)=O)CS(=O)(=O)CCCCCCCCCCCCCCCC. The van der Waals surface area contributed by atoms with Crippen LogP contribution in [0.5, 0.6) is 0 Å². The topological polar surface area (TPSA) is 289 Å². The minimum Gasteiger partial charge on any atom is -0.463 e. The van der Waals surface area contributed by atoms with Gasteiger partial charge in [0.25, 0.3) is 0 Å². The highest BCUT2D eigenvalue weighted by atomic mass is 32.2. The molecule has 24 heteroatoms. The third-order valence-corrected chi connectivity index (χ3v) is 18.8. The molecule has 2 heterocycles. The van der Waals surface area contributed by atoms with Crippen LogP contribution >= 0.6 is 0 Å². The molecule has 0 aliphatic carbocycles. The molecular formula is C62H108O22S2. The zero-order valence-electron chi connectivity index (χ0n) is 53.4. The van der Waals surface area contributed by atoms with E-state index in [1.165, 1.54) is 103 Å². The summed E-state index contributed by atoms with van der Waals surface area (Å²) in [6, 6.07) is 0. The molecule has 0 N–H and O–H groups in total. The Morgan fingerprint density at radius 3 is 0.965 bits per heavy atom. The Kier molecular flexibility index (Phi) is 40.4. The van der Waals surface area contributed by atoms with Crippen LogP contribution in [0.1, 0.15) is 242 Å². The molecule has 2 saturated heterocycles. The zero-order chi connectivity index (χ0) is 63.9. The van der Waals surface area contributed by atoms with Gasteiger partial charge in [0.15, 0.2) is 62.8 Å². The summed E-state index contributed by atoms with van der Waals surface area (Å²) in [4.78, 5) is 88.4. The highest BCUT2D eigenvalue weighted by Crippen LogP contribution is 2.36. The van der Waals surface area contributed by atoms with E-state index in [-0.39, 0.29) is 11.5 Å². The molecule has 86 heavy (non-hydrogen) atoms. The molecule has 0 saturated carbocycles. The maximum atomic E-state index is 14.0. The van der Waals surface area contributed by atoms with Crippen molar-refractivity contribution in [3.05, 3.63) is 0 Å². The lowest BCUT2D eigenvalue weighted by Gasteiger charge is -2.48. The average Bonchev–Trinajstić information content (AvgIpc) is 0.903. The summed E-state index contributed by atoms with van der Waals surface area (Å²) < 4.78 is 120. The Morgan fingerprint density at radius 1 is 0.349 bits per heavy atom. The largest absolute Gasteiger partial charge is 0.463 e. The van der Waals surface area contributed by atoms with Crippen molar-refractivity contribution >= 4 is 61.5 Å². The Morgan fingerprint density at radius 2 is 0.628 bits per heavy atom. The summed E-state index contributed by atoms with van der Waals surface area (Å²) >= 11 is 0. The molecule has 10 atom stereocenters. The van der Waals surface area contributed by atoms with Crippen molar-refractivity contribution in [3.8, 4) is 0 Å². The van der Waals surface area contributed by atoms with Crippen LogP contribution in [0.3, 0.4) is 0 Å². The van der Waals surface area contributed by atoms with Crippen molar-refractivity contribution in [2.24, 2.45) is 5.92 Å². The van der Waals surface area contributed by atoms with E-state index in [0.717, 1.165) is 99.8 Å². The van der Waals surface area contributed by atoms with E-state index in [1.807, 2.05) is 0 Å². The molecule has 0 spiro atoms. The molecule has 0 aromatic carbocycles. The first kappa shape index (κ1) is 78.1. The average molecular weight is 1270 g/mol. The van der Waals surface area contributed by atoms with Crippen LogP contribution in [0.15, 0.2) is 0 Å². The first-order valence-corrected chi connectivity index (χ1v) is 35.6. The summed E-state index contributed by atoms with van der Waals surface area (Å²) in [6.07, 6.45) is 13.0. The van der Waals surface area contributed by atoms with E-state index in [2.05, 4.69) is 13.8 Å². The highest BCUT2D eigenvalue weighted by molar-refractivity contribution is 7.92. The van der Waals surface area contributed by atoms with Crippen molar-refractivity contribution < 1.29 is 103 Å². The van der Waals surface area contributed by atoms with Gasteiger partial charge >= 0.3 is 41.8 Å². The summed E-state index contributed by atoms with van der Waals surface area (Å²) in [5, 5.41) is 0. The van der Waals surface area contributed by atoms with Gasteiger partial charge in [-0.05, 0) is 12.8 Å². The Labute approximate surface area is 514 Å². The smallest absolute Gasteiger partial charge is 0.303 e. The minimum atomic E-state index is -3.89. The van der Waals surface area contributed by atoms with Gasteiger partial charge in [-0.3, -0.25) is 33.6 Å². The molecule has 2 rings (SSSR count). The first-order valence-electron chi connectivity index (χ1n) is 32.0. The van der Waals surface area contributed by atoms with Crippen LogP contribution in [0.25, 0.3) is 0 Å². The van der Waals surface area contributed by atoms with Gasteiger partial charge in [0.05, 0.1) is 29.6 Å². The summed E-state index contributed by atoms with van der Waals surface area (Å²) in [5.41, 5.74) is 0. The van der Waals surface area contributed by atoms with E-state index in [1.54, 1.807) is 0 Å². The number of hydrogen-bond donors (Lipinski definition) is 0. The van der Waals surface area contributed by atoms with Crippen LogP contribution in [0.2, 0.25) is 0 Å². The molecule has 0 unspecified atom stereocenters. The zero-order valence-corrected chi connectivity index (χ0v) is 55.0. The van der Waals surface area contributed by atoms with Gasteiger partial charge in [0.1, 0.15) is 31.5 Å². The fourth-order valence-electron chi connectivity index (χ4n) is 10.9. The minimum absolute atomic E-state index is 0.187. The third kappa shape index (κ3) is 35.3. The Bertz CT molecular complexity index is 2130. The lowest BCUT2D eigenvalue weighted by molar-refractivity contribution is -0.361. The fraction of sp³-hybridized carbons (Fsp3) is 0.887. The Hall–Kier alpha value is -3.97. The quantitative estimate of drug-likeness (QED) is 0.0311. The molecule has 0 bridgehead atoms. The van der Waals surface area contributed by atoms with Crippen LogP contribution in [-0.4, -0.2) is 163 Å². The highest BCUT2D eigenvalue weighted by Gasteiger charge is 2.58. The molecule has 2 fully saturated rings. The number of carbonyl (C=O) groups excluding carboxylic acids is 7. The van der Waals surface area contributed by atoms with Gasteiger partial charge in [0.2, 0.25) is 0 Å². The second-order valence-electron chi connectivity index (χ2n) is 23.3. The van der Waals surface area contributed by atoms with Gasteiger partial charge in [-0.2, -0.15) is 0 Å². The van der Waals surface area contributed by atoms with E-state index in [4.69, 9.17) is 52.1 Å². The van der Waals surface area contributed by atoms with Gasteiger partial charge in [0, 0.05) is 54.4 Å². The fourth-order valence-corrected chi connectivity index (χ4v) is 14.5. The Balaban J connectivity index is 2.46. The van der Waals surface area contributed by atoms with E-state index in [0.29, 0.717) is 25.7 Å². The van der Waals surface area contributed by atoms with Crippen LogP contribution in [-0.2, 0) is 105 Å². The number of hydrogen-bond acceptors (Lipinski definition) is 22. The van der Waals surface area contributed by atoms with Crippen LogP contribution in [0.4, 0.5) is 0 Å². The molecular weight excluding hydrogens is 1160 g/mol. The molecule has 0 aromatic heterocycles. The molecule has 2 aliphatic rings. The summed E-state index contributed by atoms with van der Waals surface area (Å²) in [5.74, 6) is -9.06. The van der Waals surface area contributed by atoms with Crippen molar-refractivity contribution in [2.45, 2.75) is 304 Å². The van der Waals surface area contributed by atoms with E-state index in [9.17, 15) is 50.4 Å². The summed E-state index contributed by atoms with van der Waals surface area (Å²) in [7, 11) is -7.78. The first-order chi connectivity index (χ1) is 40.9. The van der Waals surface area contributed by atoms with Crippen molar-refractivity contribution in [3.63, 3.8) is 0 Å². The number of sulfone groups is 2. The molecule has 0 aromatic rings. The van der Waals surface area contributed by atoms with E-state index >= 15 is 0 Å². The number of carbonyl (C=O) groups is 7. The lowest BCUT2D eigenvalue weighted by atomic mass is 9.96. The van der Waals surface area contributed by atoms with Gasteiger partial charge in [-0.1, -0.05) is 181 Å². The number of unbranched alkanes of at least 4 members (excludes halogenated alkanes) is 26. The van der Waals surface area contributed by atoms with Crippen LogP contribution in [0, 0.1) is 5.92 Å². The standard InChI is InChI=1S/C62H108O22S2/c1-10-12-14-16-18-20-22-24-26-28-30-32-34-36-38-85(70,71)43-52(44-86(72,73)39-37-35-33-31-29-27-25-23-21-19-17-15-13-11-2)40-76-61-59(80-50(8)68)58(79-49(7)67)56(54(82-61)42-75-46(4)64)84-62-60(81-51(9)69)57(78-48(6)66)55(77-47(5)65)53(83-62)41-74-45(3)63/h52-62H,10-44H2,1-9H3/t53-,54-,55+,56-,57+,58+,59-,60-,61-,62+/m1/s1. The second kappa shape index (κ2) is 44.5. The van der Waals surface area contributed by atoms with E-state index < -0.39 is 160 Å². The van der Waals surface area contributed by atoms with Gasteiger partial charge in [-0.25, -0.2) is 16.8 Å². The maximum Gasteiger partial charge on any atom is 0.303 e.